The maximum atomic E-state index is 13.6. The second-order valence-corrected chi connectivity index (χ2v) is 7.58. The van der Waals surface area contributed by atoms with Gasteiger partial charge in [0.05, 0.1) is 12.1 Å². The molecule has 0 saturated carbocycles. The smallest absolute Gasteiger partial charge is 0.416 e. The zero-order chi connectivity index (χ0) is 22.1. The van der Waals surface area contributed by atoms with E-state index >= 15 is 0 Å². The molecule has 1 aromatic rings. The molecule has 0 bridgehead atoms. The highest BCUT2D eigenvalue weighted by atomic mass is 19.4. The van der Waals surface area contributed by atoms with Gasteiger partial charge in [-0.15, -0.1) is 0 Å². The van der Waals surface area contributed by atoms with Gasteiger partial charge in [-0.1, -0.05) is 0 Å². The van der Waals surface area contributed by atoms with Crippen LogP contribution in [-0.2, 0) is 27.0 Å². The highest BCUT2D eigenvalue weighted by Gasteiger charge is 2.41. The third-order valence-corrected chi connectivity index (χ3v) is 4.00. The second kappa shape index (κ2) is 7.88. The van der Waals surface area contributed by atoms with Crippen LogP contribution in [0, 0.1) is 5.82 Å². The van der Waals surface area contributed by atoms with E-state index in [4.69, 9.17) is 4.74 Å². The lowest BCUT2D eigenvalue weighted by atomic mass is 10.1. The lowest BCUT2D eigenvalue weighted by Crippen LogP contribution is -2.60. The molecule has 0 aliphatic carbocycles. The molecular weight excluding hydrogens is 400 g/mol. The minimum atomic E-state index is -4.78. The van der Waals surface area contributed by atoms with E-state index in [2.05, 4.69) is 0 Å². The first-order chi connectivity index (χ1) is 13.2. The number of carbonyl (C=O) groups excluding carboxylic acids is 2. The van der Waals surface area contributed by atoms with Crippen molar-refractivity contribution in [1.29, 1.82) is 0 Å². The molecule has 0 radical (unpaired) electrons. The number of carboxylic acids is 1. The van der Waals surface area contributed by atoms with Crippen LogP contribution >= 0.6 is 0 Å². The second-order valence-electron chi connectivity index (χ2n) is 7.58. The average molecular weight is 420 g/mol. The van der Waals surface area contributed by atoms with Crippen molar-refractivity contribution in [1.82, 2.24) is 9.80 Å². The molecule has 0 spiro atoms. The van der Waals surface area contributed by atoms with Gasteiger partial charge in [0.1, 0.15) is 18.0 Å². The summed E-state index contributed by atoms with van der Waals surface area (Å²) in [5.74, 6) is -3.25. The number of halogens is 4. The van der Waals surface area contributed by atoms with Gasteiger partial charge in [-0.3, -0.25) is 9.69 Å². The Kier molecular flexibility index (Phi) is 6.10. The van der Waals surface area contributed by atoms with Gasteiger partial charge in [0, 0.05) is 6.54 Å². The summed E-state index contributed by atoms with van der Waals surface area (Å²) in [6, 6.07) is 0.384. The molecule has 1 saturated heterocycles. The Balaban J connectivity index is 2.23. The van der Waals surface area contributed by atoms with Crippen LogP contribution in [-0.4, -0.2) is 57.6 Å². The number of carbonyl (C=O) groups is 3. The Morgan fingerprint density at radius 1 is 1.21 bits per heavy atom. The maximum absolute atomic E-state index is 13.6. The highest BCUT2D eigenvalue weighted by molar-refractivity contribution is 5.89. The van der Waals surface area contributed by atoms with Gasteiger partial charge in [-0.2, -0.15) is 13.2 Å². The molecule has 1 aromatic carbocycles. The van der Waals surface area contributed by atoms with E-state index in [0.717, 1.165) is 15.9 Å². The number of rotatable bonds is 3. The van der Waals surface area contributed by atoms with Gasteiger partial charge in [0.15, 0.2) is 6.04 Å². The topological polar surface area (TPSA) is 87.2 Å². The molecule has 11 heteroatoms. The number of nitrogens with zero attached hydrogens (tertiary/aromatic N) is 2. The lowest BCUT2D eigenvalue weighted by Gasteiger charge is -2.39. The Hall–Kier alpha value is -2.85. The van der Waals surface area contributed by atoms with Crippen molar-refractivity contribution in [3.8, 4) is 0 Å². The van der Waals surface area contributed by atoms with Gasteiger partial charge in [0.25, 0.3) is 0 Å². The van der Waals surface area contributed by atoms with Crippen molar-refractivity contribution < 1.29 is 41.8 Å². The van der Waals surface area contributed by atoms with Crippen molar-refractivity contribution in [3.05, 3.63) is 35.1 Å². The molecule has 1 heterocycles. The summed E-state index contributed by atoms with van der Waals surface area (Å²) in [6.45, 7) is 3.16. The van der Waals surface area contributed by atoms with Gasteiger partial charge >= 0.3 is 18.2 Å². The number of amides is 2. The van der Waals surface area contributed by atoms with Crippen LogP contribution in [0.3, 0.4) is 0 Å². The summed E-state index contributed by atoms with van der Waals surface area (Å²) in [5.41, 5.74) is -2.29. The Labute approximate surface area is 163 Å². The highest BCUT2D eigenvalue weighted by Crippen LogP contribution is 2.31. The molecule has 0 aromatic heterocycles. The monoisotopic (exact) mass is 420 g/mol. The number of piperazine rings is 1. The van der Waals surface area contributed by atoms with Crippen LogP contribution in [0.5, 0.6) is 0 Å². The van der Waals surface area contributed by atoms with E-state index in [1.807, 2.05) is 0 Å². The maximum Gasteiger partial charge on any atom is 0.416 e. The Bertz CT molecular complexity index is 819. The number of ether oxygens (including phenoxy) is 1. The molecule has 2 amide bonds. The van der Waals surface area contributed by atoms with Gasteiger partial charge in [0.2, 0.25) is 5.91 Å². The number of hydrogen-bond acceptors (Lipinski definition) is 4. The molecule has 29 heavy (non-hydrogen) atoms. The summed E-state index contributed by atoms with van der Waals surface area (Å²) in [6.07, 6.45) is -5.78. The van der Waals surface area contributed by atoms with Crippen molar-refractivity contribution in [3.63, 3.8) is 0 Å². The number of aliphatic carboxylic acids is 1. The van der Waals surface area contributed by atoms with E-state index in [1.165, 1.54) is 0 Å². The van der Waals surface area contributed by atoms with Crippen LogP contribution in [0.15, 0.2) is 18.2 Å². The van der Waals surface area contributed by atoms with Crippen LogP contribution in [0.25, 0.3) is 0 Å². The Morgan fingerprint density at radius 3 is 2.34 bits per heavy atom. The minimum absolute atomic E-state index is 0.152. The third kappa shape index (κ3) is 5.81. The molecule has 2 rings (SSSR count). The van der Waals surface area contributed by atoms with E-state index in [-0.39, 0.29) is 5.56 Å². The molecule has 1 atom stereocenters. The number of carboxylic acid groups (broad SMARTS) is 1. The number of benzene rings is 1. The van der Waals surface area contributed by atoms with E-state index in [0.29, 0.717) is 12.1 Å². The molecule has 7 nitrogen and oxygen atoms in total. The van der Waals surface area contributed by atoms with Crippen molar-refractivity contribution in [2.24, 2.45) is 0 Å². The third-order valence-electron chi connectivity index (χ3n) is 4.00. The van der Waals surface area contributed by atoms with E-state index in [9.17, 15) is 37.1 Å². The van der Waals surface area contributed by atoms with E-state index in [1.54, 1.807) is 20.8 Å². The van der Waals surface area contributed by atoms with Gasteiger partial charge < -0.3 is 14.7 Å². The normalized spacial score (nSPS) is 18.0. The van der Waals surface area contributed by atoms with Crippen molar-refractivity contribution >= 4 is 18.0 Å². The minimum Gasteiger partial charge on any atom is -0.480 e. The first-order valence-corrected chi connectivity index (χ1v) is 8.54. The molecule has 1 fully saturated rings. The van der Waals surface area contributed by atoms with Crippen LogP contribution < -0.4 is 0 Å². The summed E-state index contributed by atoms with van der Waals surface area (Å²) in [4.78, 5) is 37.9. The van der Waals surface area contributed by atoms with Crippen LogP contribution in [0.1, 0.15) is 31.9 Å². The van der Waals surface area contributed by atoms with Gasteiger partial charge in [-0.25, -0.2) is 14.0 Å². The standard InChI is InChI=1S/C18H20F4N2O5/c1-17(2,3)29-16(28)24-9-14(25)23(8-13(24)15(26)27)7-10-4-11(18(20,21)22)6-12(19)5-10/h4-6,13H,7-9H2,1-3H3,(H,26,27). The van der Waals surface area contributed by atoms with Crippen LogP contribution in [0.4, 0.5) is 22.4 Å². The quantitative estimate of drug-likeness (QED) is 0.760. The molecule has 1 unspecified atom stereocenters. The zero-order valence-electron chi connectivity index (χ0n) is 15.9. The van der Waals surface area contributed by atoms with Gasteiger partial charge in [-0.05, 0) is 44.5 Å². The van der Waals surface area contributed by atoms with Crippen LogP contribution in [0.2, 0.25) is 0 Å². The van der Waals surface area contributed by atoms with E-state index < -0.39 is 66.8 Å². The SMILES string of the molecule is CC(C)(C)OC(=O)N1CC(=O)N(Cc2cc(F)cc(C(F)(F)F)c2)CC1C(=O)O. The summed E-state index contributed by atoms with van der Waals surface area (Å²) >= 11 is 0. The summed E-state index contributed by atoms with van der Waals surface area (Å²) < 4.78 is 57.3. The lowest BCUT2D eigenvalue weighted by molar-refractivity contribution is -0.151. The predicted molar refractivity (Wildman–Crippen MR) is 91.2 cm³/mol. The number of hydrogen-bond donors (Lipinski definition) is 1. The first-order valence-electron chi connectivity index (χ1n) is 8.54. The summed E-state index contributed by atoms with van der Waals surface area (Å²) in [5, 5.41) is 9.42. The predicted octanol–water partition coefficient (Wildman–Crippen LogP) is 2.88. The fraction of sp³-hybridized carbons (Fsp3) is 0.500. The fourth-order valence-electron chi connectivity index (χ4n) is 2.77. The molecular formula is C18H20F4N2O5. The Morgan fingerprint density at radius 2 is 1.83 bits per heavy atom. The first kappa shape index (κ1) is 22.4. The number of alkyl halides is 3. The summed E-state index contributed by atoms with van der Waals surface area (Å²) in [7, 11) is 0. The molecule has 1 aliphatic heterocycles. The van der Waals surface area contributed by atoms with Crippen molar-refractivity contribution in [2.75, 3.05) is 13.1 Å². The molecule has 1 aliphatic rings. The van der Waals surface area contributed by atoms with Crippen molar-refractivity contribution in [2.45, 2.75) is 45.1 Å². The average Bonchev–Trinajstić information content (AvgIpc) is 2.53. The fourth-order valence-corrected chi connectivity index (χ4v) is 2.77. The molecule has 160 valence electrons. The molecule has 1 N–H and O–H groups in total. The zero-order valence-corrected chi connectivity index (χ0v) is 15.9. The largest absolute Gasteiger partial charge is 0.480 e.